The normalized spacial score (nSPS) is 14.6. The lowest BCUT2D eigenvalue weighted by atomic mass is 10.0. The molecule has 1 aromatic carbocycles. The van der Waals surface area contributed by atoms with Crippen molar-refractivity contribution in [1.29, 1.82) is 0 Å². The van der Waals surface area contributed by atoms with Crippen LogP contribution in [0, 0.1) is 18.8 Å². The maximum absolute atomic E-state index is 12.6. The lowest BCUT2D eigenvalue weighted by Crippen LogP contribution is -2.52. The number of amides is 1. The summed E-state index contributed by atoms with van der Waals surface area (Å²) >= 11 is 0. The van der Waals surface area contributed by atoms with Gasteiger partial charge >= 0.3 is 0 Å². The summed E-state index contributed by atoms with van der Waals surface area (Å²) in [5.41, 5.74) is 0.955. The van der Waals surface area contributed by atoms with Crippen molar-refractivity contribution < 1.29 is 18.3 Å². The lowest BCUT2D eigenvalue weighted by Gasteiger charge is -2.25. The van der Waals surface area contributed by atoms with Crippen LogP contribution in [0.4, 0.5) is 0 Å². The minimum Gasteiger partial charge on any atom is -0.394 e. The first-order chi connectivity index (χ1) is 11.6. The first-order valence-corrected chi connectivity index (χ1v) is 10.0. The van der Waals surface area contributed by atoms with Gasteiger partial charge in [0, 0.05) is 0 Å². The van der Waals surface area contributed by atoms with Crippen molar-refractivity contribution in [3.63, 3.8) is 0 Å². The summed E-state index contributed by atoms with van der Waals surface area (Å²) in [6.45, 7) is 9.23. The Balaban J connectivity index is 2.92. The molecule has 0 aromatic heterocycles. The summed E-state index contributed by atoms with van der Waals surface area (Å²) in [6.07, 6.45) is 0.623. The van der Waals surface area contributed by atoms with Crippen LogP contribution in [0.5, 0.6) is 0 Å². The van der Waals surface area contributed by atoms with Gasteiger partial charge in [0.15, 0.2) is 0 Å². The van der Waals surface area contributed by atoms with E-state index in [1.165, 1.54) is 12.1 Å². The molecule has 25 heavy (non-hydrogen) atoms. The van der Waals surface area contributed by atoms with E-state index in [0.717, 1.165) is 5.56 Å². The zero-order valence-corrected chi connectivity index (χ0v) is 16.4. The molecule has 0 aliphatic rings. The van der Waals surface area contributed by atoms with E-state index in [9.17, 15) is 18.3 Å². The summed E-state index contributed by atoms with van der Waals surface area (Å²) in [7, 11) is -3.81. The smallest absolute Gasteiger partial charge is 0.241 e. The molecule has 0 aliphatic heterocycles. The van der Waals surface area contributed by atoms with Gasteiger partial charge in [0.2, 0.25) is 15.9 Å². The molecule has 7 heteroatoms. The number of carbonyl (C=O) groups is 1. The Bertz CT molecular complexity index is 654. The number of rotatable bonds is 9. The van der Waals surface area contributed by atoms with Crippen LogP contribution in [-0.2, 0) is 14.8 Å². The Morgan fingerprint density at radius 2 is 1.68 bits per heavy atom. The van der Waals surface area contributed by atoms with Crippen molar-refractivity contribution in [2.75, 3.05) is 6.61 Å². The number of hydrogen-bond acceptors (Lipinski definition) is 4. The number of sulfonamides is 1. The minimum atomic E-state index is -3.81. The van der Waals surface area contributed by atoms with Gasteiger partial charge in [-0.05, 0) is 37.3 Å². The van der Waals surface area contributed by atoms with Crippen LogP contribution in [0.2, 0.25) is 0 Å². The topological polar surface area (TPSA) is 95.5 Å². The number of aliphatic hydroxyl groups is 1. The highest BCUT2D eigenvalue weighted by molar-refractivity contribution is 7.89. The van der Waals surface area contributed by atoms with Gasteiger partial charge in [-0.1, -0.05) is 45.4 Å². The Labute approximate surface area is 151 Å². The fourth-order valence-corrected chi connectivity index (χ4v) is 3.83. The summed E-state index contributed by atoms with van der Waals surface area (Å²) < 4.78 is 27.6. The highest BCUT2D eigenvalue weighted by atomic mass is 32.2. The maximum Gasteiger partial charge on any atom is 0.241 e. The molecule has 1 rings (SSSR count). The van der Waals surface area contributed by atoms with Crippen molar-refractivity contribution in [3.05, 3.63) is 29.8 Å². The zero-order chi connectivity index (χ0) is 19.2. The van der Waals surface area contributed by atoms with E-state index in [1.54, 1.807) is 26.0 Å². The SMILES string of the molecule is Cc1ccc(S(=O)(=O)N[C@H](C(=O)N[C@H](CO)CC(C)C)C(C)C)cc1. The van der Waals surface area contributed by atoms with Crippen LogP contribution in [-0.4, -0.2) is 38.1 Å². The molecule has 0 unspecified atom stereocenters. The number of carbonyl (C=O) groups excluding carboxylic acids is 1. The third kappa shape index (κ3) is 6.76. The predicted molar refractivity (Wildman–Crippen MR) is 98.6 cm³/mol. The molecular weight excluding hydrogens is 340 g/mol. The van der Waals surface area contributed by atoms with Crippen LogP contribution in [0.25, 0.3) is 0 Å². The maximum atomic E-state index is 12.6. The van der Waals surface area contributed by atoms with Gasteiger partial charge in [0.25, 0.3) is 0 Å². The van der Waals surface area contributed by atoms with E-state index in [1.807, 2.05) is 20.8 Å². The third-order valence-electron chi connectivity index (χ3n) is 3.89. The predicted octanol–water partition coefficient (Wildman–Crippen LogP) is 1.82. The second-order valence-electron chi connectivity index (χ2n) is 7.17. The van der Waals surface area contributed by atoms with Gasteiger partial charge in [-0.3, -0.25) is 4.79 Å². The lowest BCUT2D eigenvalue weighted by molar-refractivity contribution is -0.124. The van der Waals surface area contributed by atoms with Crippen molar-refractivity contribution in [2.45, 2.75) is 58.0 Å². The molecule has 0 aliphatic carbocycles. The molecule has 6 nitrogen and oxygen atoms in total. The summed E-state index contributed by atoms with van der Waals surface area (Å²) in [5, 5.41) is 12.2. The fraction of sp³-hybridized carbons (Fsp3) is 0.611. The van der Waals surface area contributed by atoms with E-state index in [-0.39, 0.29) is 17.4 Å². The number of aryl methyl sites for hydroxylation is 1. The van der Waals surface area contributed by atoms with Crippen LogP contribution >= 0.6 is 0 Å². The Morgan fingerprint density at radius 3 is 2.12 bits per heavy atom. The van der Waals surface area contributed by atoms with Crippen LogP contribution in [0.1, 0.15) is 39.7 Å². The van der Waals surface area contributed by atoms with Gasteiger partial charge in [0.1, 0.15) is 6.04 Å². The number of nitrogens with one attached hydrogen (secondary N) is 2. The highest BCUT2D eigenvalue weighted by Crippen LogP contribution is 2.14. The van der Waals surface area contributed by atoms with Crippen LogP contribution < -0.4 is 10.0 Å². The quantitative estimate of drug-likeness (QED) is 0.618. The van der Waals surface area contributed by atoms with Crippen molar-refractivity contribution in [3.8, 4) is 0 Å². The van der Waals surface area contributed by atoms with Gasteiger partial charge in [-0.2, -0.15) is 4.72 Å². The second kappa shape index (κ2) is 9.31. The van der Waals surface area contributed by atoms with E-state index < -0.39 is 28.0 Å². The van der Waals surface area contributed by atoms with Crippen molar-refractivity contribution in [2.24, 2.45) is 11.8 Å². The average Bonchev–Trinajstić information content (AvgIpc) is 2.51. The van der Waals surface area contributed by atoms with E-state index in [2.05, 4.69) is 10.0 Å². The standard InChI is InChI=1S/C18H30N2O4S/c1-12(2)10-15(11-21)19-18(22)17(13(3)4)20-25(23,24)16-8-6-14(5)7-9-16/h6-9,12-13,15,17,20-21H,10-11H2,1-5H3,(H,19,22)/t15-,17-/m0/s1. The van der Waals surface area contributed by atoms with Crippen LogP contribution in [0.3, 0.4) is 0 Å². The monoisotopic (exact) mass is 370 g/mol. The molecule has 0 saturated carbocycles. The second-order valence-corrected chi connectivity index (χ2v) is 8.89. The van der Waals surface area contributed by atoms with E-state index in [0.29, 0.717) is 12.3 Å². The van der Waals surface area contributed by atoms with E-state index >= 15 is 0 Å². The molecule has 0 radical (unpaired) electrons. The Kier molecular flexibility index (Phi) is 8.05. The molecule has 0 heterocycles. The summed E-state index contributed by atoms with van der Waals surface area (Å²) in [4.78, 5) is 12.7. The first-order valence-electron chi connectivity index (χ1n) is 8.57. The van der Waals surface area contributed by atoms with Crippen LogP contribution in [0.15, 0.2) is 29.2 Å². The Hall–Kier alpha value is -1.44. The summed E-state index contributed by atoms with van der Waals surface area (Å²) in [6, 6.07) is 5.15. The molecule has 2 atom stereocenters. The molecule has 3 N–H and O–H groups in total. The number of hydrogen-bond donors (Lipinski definition) is 3. The van der Waals surface area contributed by atoms with E-state index in [4.69, 9.17) is 0 Å². The first kappa shape index (κ1) is 21.6. The molecule has 0 saturated heterocycles. The average molecular weight is 371 g/mol. The third-order valence-corrected chi connectivity index (χ3v) is 5.34. The highest BCUT2D eigenvalue weighted by Gasteiger charge is 2.29. The molecule has 1 amide bonds. The largest absolute Gasteiger partial charge is 0.394 e. The minimum absolute atomic E-state index is 0.123. The molecule has 0 fully saturated rings. The molecule has 0 spiro atoms. The zero-order valence-electron chi connectivity index (χ0n) is 15.6. The van der Waals surface area contributed by atoms with Gasteiger partial charge in [-0.15, -0.1) is 0 Å². The van der Waals surface area contributed by atoms with Crippen molar-refractivity contribution >= 4 is 15.9 Å². The van der Waals surface area contributed by atoms with Gasteiger partial charge in [0.05, 0.1) is 17.5 Å². The number of aliphatic hydroxyl groups excluding tert-OH is 1. The molecule has 0 bridgehead atoms. The molecule has 1 aromatic rings. The fourth-order valence-electron chi connectivity index (χ4n) is 2.48. The molecular formula is C18H30N2O4S. The summed E-state index contributed by atoms with van der Waals surface area (Å²) in [5.74, 6) is -0.358. The van der Waals surface area contributed by atoms with Crippen molar-refractivity contribution in [1.82, 2.24) is 10.0 Å². The Morgan fingerprint density at radius 1 is 1.12 bits per heavy atom. The van der Waals surface area contributed by atoms with Gasteiger partial charge in [-0.25, -0.2) is 8.42 Å². The van der Waals surface area contributed by atoms with Gasteiger partial charge < -0.3 is 10.4 Å². The number of benzene rings is 1. The molecule has 142 valence electrons.